The molecule has 0 spiro atoms. The maximum atomic E-state index is 12.9. The van der Waals surface area contributed by atoms with Gasteiger partial charge in [0.15, 0.2) is 5.76 Å². The van der Waals surface area contributed by atoms with Crippen molar-refractivity contribution in [3.63, 3.8) is 0 Å². The van der Waals surface area contributed by atoms with Gasteiger partial charge in [0.25, 0.3) is 11.8 Å². The molecule has 30 heavy (non-hydrogen) atoms. The van der Waals surface area contributed by atoms with E-state index in [1.54, 1.807) is 25.4 Å². The molecule has 2 N–H and O–H groups in total. The van der Waals surface area contributed by atoms with Crippen molar-refractivity contribution in [2.45, 2.75) is 72.0 Å². The first-order chi connectivity index (χ1) is 14.3. The summed E-state index contributed by atoms with van der Waals surface area (Å²) >= 11 is 0. The van der Waals surface area contributed by atoms with Crippen molar-refractivity contribution in [1.82, 2.24) is 20.4 Å². The highest BCUT2D eigenvalue weighted by atomic mass is 16.5. The quantitative estimate of drug-likeness (QED) is 0.725. The Kier molecular flexibility index (Phi) is 7.07. The van der Waals surface area contributed by atoms with E-state index in [0.29, 0.717) is 23.9 Å². The van der Waals surface area contributed by atoms with Gasteiger partial charge in [0.05, 0.1) is 12.2 Å². The molecule has 3 rings (SSSR count). The lowest BCUT2D eigenvalue weighted by atomic mass is 9.89. The first-order valence-corrected chi connectivity index (χ1v) is 10.6. The highest BCUT2D eigenvalue weighted by Gasteiger charge is 2.21. The first kappa shape index (κ1) is 21.8. The van der Waals surface area contributed by atoms with Crippen molar-refractivity contribution in [2.75, 3.05) is 0 Å². The molecular weight excluding hydrogens is 384 g/mol. The molecule has 1 fully saturated rings. The lowest BCUT2D eigenvalue weighted by Crippen LogP contribution is -2.37. The van der Waals surface area contributed by atoms with E-state index in [1.165, 1.54) is 19.3 Å². The molecule has 162 valence electrons. The van der Waals surface area contributed by atoms with Gasteiger partial charge >= 0.3 is 0 Å². The van der Waals surface area contributed by atoms with Crippen LogP contribution in [0.25, 0.3) is 0 Å². The number of nitrogens with zero attached hydrogens (tertiary/aromatic N) is 2. The fourth-order valence-corrected chi connectivity index (χ4v) is 3.83. The summed E-state index contributed by atoms with van der Waals surface area (Å²) in [6.45, 7) is 6.24. The average Bonchev–Trinajstić information content (AvgIpc) is 3.12. The third kappa shape index (κ3) is 5.58. The topological polar surface area (TPSA) is 106 Å². The third-order valence-corrected chi connectivity index (χ3v) is 5.28. The Morgan fingerprint density at radius 2 is 1.83 bits per heavy atom. The van der Waals surface area contributed by atoms with Crippen LogP contribution in [0, 0.1) is 12.8 Å². The summed E-state index contributed by atoms with van der Waals surface area (Å²) in [7, 11) is 0. The summed E-state index contributed by atoms with van der Waals surface area (Å²) in [4.78, 5) is 38.3. The molecule has 0 saturated heterocycles. The molecule has 2 aromatic rings. The molecule has 0 unspecified atom stereocenters. The van der Waals surface area contributed by atoms with Crippen LogP contribution in [0.1, 0.15) is 78.1 Å². The van der Waals surface area contributed by atoms with E-state index in [9.17, 15) is 14.4 Å². The lowest BCUT2D eigenvalue weighted by molar-refractivity contribution is 0.0940. The molecule has 0 bridgehead atoms. The summed E-state index contributed by atoms with van der Waals surface area (Å²) < 4.78 is 6.92. The number of hydrogen-bond acceptors (Lipinski definition) is 5. The number of pyridine rings is 1. The first-order valence-electron chi connectivity index (χ1n) is 10.6. The minimum absolute atomic E-state index is 0.0114. The van der Waals surface area contributed by atoms with Crippen molar-refractivity contribution in [2.24, 2.45) is 5.92 Å². The van der Waals surface area contributed by atoms with E-state index < -0.39 is 17.2 Å². The van der Waals surface area contributed by atoms with Gasteiger partial charge in [-0.2, -0.15) is 0 Å². The van der Waals surface area contributed by atoms with Crippen LogP contribution in [0.15, 0.2) is 27.8 Å². The van der Waals surface area contributed by atoms with Crippen LogP contribution >= 0.6 is 0 Å². The number of carbonyl (C=O) groups is 2. The number of hydrogen-bond donors (Lipinski definition) is 2. The van der Waals surface area contributed by atoms with E-state index in [-0.39, 0.29) is 23.7 Å². The molecule has 1 aliphatic rings. The number of aryl methyl sites for hydroxylation is 1. The summed E-state index contributed by atoms with van der Waals surface area (Å²) in [6.07, 6.45) is 9.00. The molecule has 2 amide bonds. The SMILES string of the molecule is Cc1cc(CNC(=O)c2cn(CC3CCCCC3)cc(C(=O)NC(C)C)c2=O)on1. The molecule has 8 nitrogen and oxygen atoms in total. The predicted octanol–water partition coefficient (Wildman–Crippen LogP) is 2.79. The zero-order valence-electron chi connectivity index (χ0n) is 17.9. The number of nitrogens with one attached hydrogen (secondary N) is 2. The van der Waals surface area contributed by atoms with Crippen LogP contribution in [0.4, 0.5) is 0 Å². The molecule has 8 heteroatoms. The van der Waals surface area contributed by atoms with Gasteiger partial charge in [-0.1, -0.05) is 24.4 Å². The molecule has 1 aliphatic carbocycles. The summed E-state index contributed by atoms with van der Waals surface area (Å²) in [5, 5.41) is 9.22. The highest BCUT2D eigenvalue weighted by Crippen LogP contribution is 2.25. The van der Waals surface area contributed by atoms with Crippen LogP contribution in [-0.4, -0.2) is 27.6 Å². The Labute approximate surface area is 176 Å². The van der Waals surface area contributed by atoms with E-state index in [0.717, 1.165) is 12.8 Å². The van der Waals surface area contributed by atoms with Crippen LogP contribution in [0.3, 0.4) is 0 Å². The minimum Gasteiger partial charge on any atom is -0.359 e. The minimum atomic E-state index is -0.570. The third-order valence-electron chi connectivity index (χ3n) is 5.28. The van der Waals surface area contributed by atoms with Gasteiger partial charge in [-0.15, -0.1) is 0 Å². The maximum Gasteiger partial charge on any atom is 0.257 e. The second-order valence-electron chi connectivity index (χ2n) is 8.36. The van der Waals surface area contributed by atoms with Gasteiger partial charge < -0.3 is 19.7 Å². The van der Waals surface area contributed by atoms with Crippen molar-refractivity contribution in [1.29, 1.82) is 0 Å². The Hall–Kier alpha value is -2.90. The van der Waals surface area contributed by atoms with Crippen molar-refractivity contribution < 1.29 is 14.1 Å². The fraction of sp³-hybridized carbons (Fsp3) is 0.545. The Balaban J connectivity index is 1.86. The van der Waals surface area contributed by atoms with Gasteiger partial charge in [-0.25, -0.2) is 0 Å². The average molecular weight is 415 g/mol. The molecule has 0 aliphatic heterocycles. The Morgan fingerprint density at radius 1 is 1.17 bits per heavy atom. The van der Waals surface area contributed by atoms with Crippen LogP contribution in [0.5, 0.6) is 0 Å². The Bertz CT molecular complexity index is 954. The molecule has 2 aromatic heterocycles. The second kappa shape index (κ2) is 9.73. The van der Waals surface area contributed by atoms with Crippen LogP contribution in [-0.2, 0) is 13.1 Å². The number of rotatable bonds is 7. The lowest BCUT2D eigenvalue weighted by Gasteiger charge is -2.23. The summed E-state index contributed by atoms with van der Waals surface area (Å²) in [5.41, 5.74) is 0.0851. The molecule has 0 aromatic carbocycles. The number of carbonyl (C=O) groups excluding carboxylic acids is 2. The van der Waals surface area contributed by atoms with E-state index in [2.05, 4.69) is 15.8 Å². The molecule has 0 atom stereocenters. The second-order valence-corrected chi connectivity index (χ2v) is 8.36. The van der Waals surface area contributed by atoms with Crippen molar-refractivity contribution >= 4 is 11.8 Å². The van der Waals surface area contributed by atoms with E-state index in [4.69, 9.17) is 4.52 Å². The zero-order chi connectivity index (χ0) is 21.7. The molecule has 1 saturated carbocycles. The smallest absolute Gasteiger partial charge is 0.257 e. The van der Waals surface area contributed by atoms with Gasteiger partial charge in [0.1, 0.15) is 11.1 Å². The van der Waals surface area contributed by atoms with E-state index in [1.807, 2.05) is 18.4 Å². The fourth-order valence-electron chi connectivity index (χ4n) is 3.83. The molecule has 0 radical (unpaired) electrons. The van der Waals surface area contributed by atoms with Gasteiger partial charge in [-0.3, -0.25) is 14.4 Å². The highest BCUT2D eigenvalue weighted by molar-refractivity contribution is 5.99. The standard InChI is InChI=1S/C22H30N4O4/c1-14(2)24-22(29)19-13-26(11-16-7-5-4-6-8-16)12-18(20(19)27)21(28)23-10-17-9-15(3)25-30-17/h9,12-14,16H,4-8,10-11H2,1-3H3,(H,23,28)(H,24,29). The van der Waals surface area contributed by atoms with Crippen molar-refractivity contribution in [3.8, 4) is 0 Å². The molecule has 2 heterocycles. The zero-order valence-corrected chi connectivity index (χ0v) is 17.9. The van der Waals surface area contributed by atoms with Crippen molar-refractivity contribution in [3.05, 3.63) is 51.3 Å². The number of aromatic nitrogens is 2. The monoisotopic (exact) mass is 414 g/mol. The normalized spacial score (nSPS) is 14.7. The maximum absolute atomic E-state index is 12.9. The van der Waals surface area contributed by atoms with Gasteiger partial charge in [0.2, 0.25) is 5.43 Å². The van der Waals surface area contributed by atoms with Crippen LogP contribution < -0.4 is 16.1 Å². The number of amides is 2. The van der Waals surface area contributed by atoms with Crippen LogP contribution in [0.2, 0.25) is 0 Å². The Morgan fingerprint density at radius 3 is 2.43 bits per heavy atom. The largest absolute Gasteiger partial charge is 0.359 e. The van der Waals surface area contributed by atoms with Gasteiger partial charge in [-0.05, 0) is 39.5 Å². The summed E-state index contributed by atoms with van der Waals surface area (Å²) in [6, 6.07) is 1.60. The predicted molar refractivity (Wildman–Crippen MR) is 112 cm³/mol. The summed E-state index contributed by atoms with van der Waals surface area (Å²) in [5.74, 6) is -0.0222. The van der Waals surface area contributed by atoms with Gasteiger partial charge in [0, 0.05) is 31.0 Å². The molecular formula is C22H30N4O4. The van der Waals surface area contributed by atoms with E-state index >= 15 is 0 Å².